The van der Waals surface area contributed by atoms with Crippen molar-refractivity contribution >= 4 is 57.3 Å². The van der Waals surface area contributed by atoms with E-state index in [9.17, 15) is 19.2 Å². The Labute approximate surface area is 377 Å². The van der Waals surface area contributed by atoms with Crippen molar-refractivity contribution in [3.05, 3.63) is 88.4 Å². The van der Waals surface area contributed by atoms with Crippen LogP contribution in [0.5, 0.6) is 0 Å². The summed E-state index contributed by atoms with van der Waals surface area (Å²) < 4.78 is 36.6. The number of anilines is 4. The highest BCUT2D eigenvalue weighted by Crippen LogP contribution is 2.39. The smallest absolute Gasteiger partial charge is 0.329 e. The van der Waals surface area contributed by atoms with Crippen LogP contribution in [-0.2, 0) is 29.6 Å². The number of likely N-dealkylation sites (tertiary alicyclic amines) is 1. The summed E-state index contributed by atoms with van der Waals surface area (Å²) in [6.45, 7) is 3.23. The number of carbonyl (C=O) groups is 3. The standard InChI is InChI=1S/C46H50F2N14O4/c1-49-32-22-39(55-62-37(24-52-42(32)62)44(65)53-28-4-5-28)60-16-12-30-33(60)11-14-50-41(30)31-7-3-27(23-51-31)25-57-15-13-38(46(47,48)26-57)59-19-17-58(18-20-59)29-6-8-34-36(21-29)56(2)45(66)61(34)35-9-10-40(63)54-43(35)64/h3,6-8,11,14,21-24,28,35,38,49H,4-5,9-10,12-13,15-20,25-26H2,1-2H3,(H,53,65)(H,54,63,64). The van der Waals surface area contributed by atoms with Gasteiger partial charge in [-0.15, -0.1) is 5.10 Å². The van der Waals surface area contributed by atoms with Gasteiger partial charge in [-0.25, -0.2) is 23.1 Å². The van der Waals surface area contributed by atoms with Crippen molar-refractivity contribution in [3.63, 3.8) is 0 Å². The second-order valence-electron chi connectivity index (χ2n) is 18.1. The molecular weight excluding hydrogens is 851 g/mol. The van der Waals surface area contributed by atoms with Gasteiger partial charge in [-0.3, -0.25) is 48.6 Å². The molecule has 1 saturated carbocycles. The predicted octanol–water partition coefficient (Wildman–Crippen LogP) is 3.48. The molecule has 11 rings (SSSR count). The fourth-order valence-corrected chi connectivity index (χ4v) is 10.3. The normalized spacial score (nSPS) is 21.4. The van der Waals surface area contributed by atoms with E-state index in [1.54, 1.807) is 30.2 Å². The fraction of sp³-hybridized carbons (Fsp3) is 0.435. The van der Waals surface area contributed by atoms with E-state index in [0.717, 1.165) is 46.7 Å². The molecule has 3 amide bonds. The summed E-state index contributed by atoms with van der Waals surface area (Å²) in [4.78, 5) is 72.7. The third-order valence-electron chi connectivity index (χ3n) is 13.9. The number of amides is 3. The first-order chi connectivity index (χ1) is 31.9. The highest BCUT2D eigenvalue weighted by molar-refractivity contribution is 6.00. The number of nitrogens with one attached hydrogen (secondary N) is 3. The van der Waals surface area contributed by atoms with Gasteiger partial charge in [0.05, 0.1) is 46.9 Å². The van der Waals surface area contributed by atoms with Gasteiger partial charge in [-0.05, 0) is 68.0 Å². The van der Waals surface area contributed by atoms with Crippen LogP contribution in [0, 0.1) is 0 Å². The maximum atomic E-state index is 16.0. The Morgan fingerprint density at radius 2 is 1.73 bits per heavy atom. The number of alkyl halides is 2. The van der Waals surface area contributed by atoms with Crippen molar-refractivity contribution in [3.8, 4) is 11.4 Å². The summed E-state index contributed by atoms with van der Waals surface area (Å²) >= 11 is 0. The predicted molar refractivity (Wildman–Crippen MR) is 242 cm³/mol. The number of aryl methyl sites for hydroxylation is 1. The van der Waals surface area contributed by atoms with Crippen LogP contribution in [0.4, 0.5) is 31.7 Å². The molecule has 2 atom stereocenters. The van der Waals surface area contributed by atoms with Crippen molar-refractivity contribution in [1.29, 1.82) is 0 Å². The molecule has 6 aromatic rings. The number of halogens is 2. The number of piperidine rings is 2. The number of aromatic nitrogens is 7. The van der Waals surface area contributed by atoms with Crippen molar-refractivity contribution in [2.24, 2.45) is 7.05 Å². The zero-order valence-corrected chi connectivity index (χ0v) is 36.7. The second-order valence-corrected chi connectivity index (χ2v) is 18.1. The van der Waals surface area contributed by atoms with E-state index in [1.807, 2.05) is 59.3 Å². The molecule has 2 unspecified atom stereocenters. The van der Waals surface area contributed by atoms with E-state index < -0.39 is 23.9 Å². The van der Waals surface area contributed by atoms with E-state index >= 15 is 8.78 Å². The number of pyridine rings is 2. The van der Waals surface area contributed by atoms with Crippen LogP contribution in [0.25, 0.3) is 28.1 Å². The van der Waals surface area contributed by atoms with E-state index in [-0.39, 0.29) is 42.9 Å². The first kappa shape index (κ1) is 41.9. The molecule has 9 heterocycles. The Morgan fingerprint density at radius 3 is 2.47 bits per heavy atom. The Morgan fingerprint density at radius 1 is 0.894 bits per heavy atom. The van der Waals surface area contributed by atoms with Crippen LogP contribution < -0.4 is 31.4 Å². The van der Waals surface area contributed by atoms with Gasteiger partial charge >= 0.3 is 5.69 Å². The molecule has 5 aromatic heterocycles. The lowest BCUT2D eigenvalue weighted by molar-refractivity contribution is -0.135. The average molecular weight is 901 g/mol. The molecule has 66 heavy (non-hydrogen) atoms. The number of nitrogens with zero attached hydrogens (tertiary/aromatic N) is 11. The maximum absolute atomic E-state index is 16.0. The lowest BCUT2D eigenvalue weighted by Gasteiger charge is -2.46. The van der Waals surface area contributed by atoms with E-state index in [2.05, 4.69) is 30.7 Å². The quantitative estimate of drug-likeness (QED) is 0.170. The topological polar surface area (TPSA) is 183 Å². The molecule has 4 fully saturated rings. The maximum Gasteiger partial charge on any atom is 0.329 e. The van der Waals surface area contributed by atoms with E-state index in [4.69, 9.17) is 15.1 Å². The monoisotopic (exact) mass is 900 g/mol. The van der Waals surface area contributed by atoms with Crippen molar-refractivity contribution < 1.29 is 23.2 Å². The van der Waals surface area contributed by atoms with Gasteiger partial charge in [0.25, 0.3) is 11.8 Å². The van der Waals surface area contributed by atoms with E-state index in [1.165, 1.54) is 9.13 Å². The number of rotatable bonds is 10. The molecule has 1 aliphatic carbocycles. The minimum Gasteiger partial charge on any atom is -0.385 e. The average Bonchev–Trinajstić information content (AvgIpc) is 3.74. The zero-order chi connectivity index (χ0) is 45.4. The Kier molecular flexibility index (Phi) is 10.3. The Hall–Kier alpha value is -6.80. The van der Waals surface area contributed by atoms with E-state index in [0.29, 0.717) is 92.5 Å². The molecule has 3 saturated heterocycles. The van der Waals surface area contributed by atoms with Crippen LogP contribution in [0.1, 0.15) is 59.8 Å². The van der Waals surface area contributed by atoms with Crippen LogP contribution in [0.15, 0.2) is 65.8 Å². The molecule has 3 N–H and O–H groups in total. The van der Waals surface area contributed by atoms with Gasteiger partial charge in [0.15, 0.2) is 17.2 Å². The van der Waals surface area contributed by atoms with Gasteiger partial charge < -0.3 is 20.4 Å². The van der Waals surface area contributed by atoms with Gasteiger partial charge in [0.2, 0.25) is 11.8 Å². The molecule has 0 spiro atoms. The summed E-state index contributed by atoms with van der Waals surface area (Å²) in [6.07, 6.45) is 8.49. The molecule has 1 aromatic carbocycles. The summed E-state index contributed by atoms with van der Waals surface area (Å²) in [6, 6.07) is 12.0. The molecule has 5 aliphatic rings. The number of imidazole rings is 2. The summed E-state index contributed by atoms with van der Waals surface area (Å²) in [5.41, 5.74) is 7.78. The third-order valence-corrected chi connectivity index (χ3v) is 13.9. The molecular formula is C46H50F2N14O4. The number of fused-ring (bicyclic) bond motifs is 3. The third kappa shape index (κ3) is 7.40. The lowest BCUT2D eigenvalue weighted by atomic mass is 9.97. The van der Waals surface area contributed by atoms with Crippen LogP contribution in [0.3, 0.4) is 0 Å². The number of hydrogen-bond acceptors (Lipinski definition) is 13. The molecule has 20 heteroatoms. The van der Waals surface area contributed by atoms with Crippen molar-refractivity contribution in [2.45, 2.75) is 69.1 Å². The Bertz CT molecular complexity index is 2970. The van der Waals surface area contributed by atoms with Crippen molar-refractivity contribution in [1.82, 2.24) is 54.1 Å². The highest BCUT2D eigenvalue weighted by Gasteiger charge is 2.48. The molecule has 4 aliphatic heterocycles. The summed E-state index contributed by atoms with van der Waals surface area (Å²) in [7, 11) is 3.48. The first-order valence-electron chi connectivity index (χ1n) is 22.7. The van der Waals surface area contributed by atoms with Crippen LogP contribution in [-0.4, -0.2) is 132 Å². The summed E-state index contributed by atoms with van der Waals surface area (Å²) in [5.74, 6) is -3.28. The number of benzene rings is 1. The second kappa shape index (κ2) is 16.3. The summed E-state index contributed by atoms with van der Waals surface area (Å²) in [5, 5.41) is 13.5. The lowest BCUT2D eigenvalue weighted by Crippen LogP contribution is -2.61. The zero-order valence-electron chi connectivity index (χ0n) is 36.7. The molecule has 0 radical (unpaired) electrons. The number of piperazine rings is 1. The number of carbonyl (C=O) groups excluding carboxylic acids is 3. The number of hydrogen-bond donors (Lipinski definition) is 3. The minimum atomic E-state index is -2.92. The highest BCUT2D eigenvalue weighted by atomic mass is 19.3. The molecule has 18 nitrogen and oxygen atoms in total. The van der Waals surface area contributed by atoms with Gasteiger partial charge in [0, 0.05) is 108 Å². The van der Waals surface area contributed by atoms with Crippen LogP contribution >= 0.6 is 0 Å². The van der Waals surface area contributed by atoms with Gasteiger partial charge in [0.1, 0.15) is 6.04 Å². The number of imide groups is 1. The fourth-order valence-electron chi connectivity index (χ4n) is 10.3. The van der Waals surface area contributed by atoms with Gasteiger partial charge in [-0.2, -0.15) is 0 Å². The molecule has 0 bridgehead atoms. The first-order valence-corrected chi connectivity index (χ1v) is 22.7. The molecule has 342 valence electrons. The largest absolute Gasteiger partial charge is 0.385 e. The van der Waals surface area contributed by atoms with Crippen LogP contribution in [0.2, 0.25) is 0 Å². The van der Waals surface area contributed by atoms with Crippen molar-refractivity contribution in [2.75, 3.05) is 68.0 Å². The Balaban J connectivity index is 0.725. The van der Waals surface area contributed by atoms with Gasteiger partial charge in [-0.1, -0.05) is 6.07 Å². The minimum absolute atomic E-state index is 0.164. The SMILES string of the molecule is CNc1cc(N2CCc3c2ccnc3-c2ccc(CN3CCC(N4CCN(c5ccc6c(c5)n(C)c(=O)n6C5CCC(=O)NC5=O)CC4)C(F)(F)C3)cn2)nn2c(C(=O)NC3CC3)cnc12.